The molecule has 0 aromatic carbocycles. The number of methoxy groups -OCH3 is 1. The highest BCUT2D eigenvalue weighted by atomic mass is 16.5. The molecule has 1 aromatic heterocycles. The number of ether oxygens (including phenoxy) is 3. The Bertz CT molecular complexity index is 347. The molecule has 1 N–H and O–H groups in total. The average Bonchev–Trinajstić information content (AvgIpc) is 2.94. The number of hydrogen-bond donors (Lipinski definition) is 1. The van der Waals surface area contributed by atoms with Crippen LogP contribution in [0.5, 0.6) is 0 Å². The second-order valence-corrected chi connectivity index (χ2v) is 4.72. The minimum Gasteiger partial charge on any atom is -0.382 e. The molecule has 0 aliphatic carbocycles. The van der Waals surface area contributed by atoms with Gasteiger partial charge in [0.25, 0.3) is 0 Å². The van der Waals surface area contributed by atoms with E-state index >= 15 is 0 Å². The quantitative estimate of drug-likeness (QED) is 0.514. The molecule has 0 aliphatic heterocycles. The number of aromatic nitrogens is 3. The van der Waals surface area contributed by atoms with E-state index in [-0.39, 0.29) is 0 Å². The lowest BCUT2D eigenvalue weighted by Gasteiger charge is -2.05. The van der Waals surface area contributed by atoms with Crippen molar-refractivity contribution in [2.24, 2.45) is 0 Å². The minimum absolute atomic E-state index is 0.641. The van der Waals surface area contributed by atoms with Crippen LogP contribution < -0.4 is 5.32 Å². The van der Waals surface area contributed by atoms with Crippen LogP contribution in [-0.2, 0) is 27.3 Å². The smallest absolute Gasteiger partial charge is 0.0964 e. The lowest BCUT2D eigenvalue weighted by molar-refractivity contribution is 0.0497. The Labute approximate surface area is 126 Å². The molecular weight excluding hydrogens is 272 g/mol. The van der Waals surface area contributed by atoms with Crippen molar-refractivity contribution < 1.29 is 14.2 Å². The third kappa shape index (κ3) is 9.52. The normalized spacial score (nSPS) is 11.1. The van der Waals surface area contributed by atoms with Gasteiger partial charge in [-0.15, -0.1) is 5.10 Å². The summed E-state index contributed by atoms with van der Waals surface area (Å²) >= 11 is 0. The summed E-state index contributed by atoms with van der Waals surface area (Å²) in [6, 6.07) is 0. The Morgan fingerprint density at radius 3 is 2.71 bits per heavy atom. The van der Waals surface area contributed by atoms with Crippen LogP contribution >= 0.6 is 0 Å². The zero-order valence-corrected chi connectivity index (χ0v) is 13.2. The molecule has 7 nitrogen and oxygen atoms in total. The van der Waals surface area contributed by atoms with E-state index in [1.54, 1.807) is 7.11 Å². The highest BCUT2D eigenvalue weighted by molar-refractivity contribution is 4.91. The fourth-order valence-corrected chi connectivity index (χ4v) is 1.69. The lowest BCUT2D eigenvalue weighted by atomic mass is 10.4. The molecule has 0 amide bonds. The van der Waals surface area contributed by atoms with Gasteiger partial charge in [-0.2, -0.15) is 0 Å². The molecule has 0 aliphatic rings. The molecule has 0 radical (unpaired) electrons. The molecular formula is C14H28N4O3. The SMILES string of the molecule is CCCNCc1cn(CCOCCCOCCOC)nn1. The van der Waals surface area contributed by atoms with Gasteiger partial charge in [-0.1, -0.05) is 12.1 Å². The molecule has 1 rings (SSSR count). The molecule has 0 atom stereocenters. The molecule has 122 valence electrons. The van der Waals surface area contributed by atoms with Gasteiger partial charge in [0.1, 0.15) is 0 Å². The topological polar surface area (TPSA) is 70.4 Å². The van der Waals surface area contributed by atoms with E-state index in [4.69, 9.17) is 14.2 Å². The maximum absolute atomic E-state index is 5.54. The van der Waals surface area contributed by atoms with Crippen molar-refractivity contribution in [2.75, 3.05) is 46.7 Å². The van der Waals surface area contributed by atoms with Gasteiger partial charge in [-0.3, -0.25) is 0 Å². The fourth-order valence-electron chi connectivity index (χ4n) is 1.69. The summed E-state index contributed by atoms with van der Waals surface area (Å²) < 4.78 is 17.6. The molecule has 7 heteroatoms. The van der Waals surface area contributed by atoms with Crippen LogP contribution in [0, 0.1) is 0 Å². The van der Waals surface area contributed by atoms with Crippen molar-refractivity contribution in [2.45, 2.75) is 32.9 Å². The maximum atomic E-state index is 5.54. The van der Waals surface area contributed by atoms with Crippen LogP contribution in [0.25, 0.3) is 0 Å². The second kappa shape index (κ2) is 12.7. The van der Waals surface area contributed by atoms with Crippen LogP contribution in [0.15, 0.2) is 6.20 Å². The first-order valence-electron chi connectivity index (χ1n) is 7.61. The van der Waals surface area contributed by atoms with Gasteiger partial charge < -0.3 is 19.5 Å². The van der Waals surface area contributed by atoms with Crippen molar-refractivity contribution >= 4 is 0 Å². The Kier molecular flexibility index (Phi) is 10.9. The molecule has 0 saturated heterocycles. The van der Waals surface area contributed by atoms with Crippen molar-refractivity contribution in [3.63, 3.8) is 0 Å². The van der Waals surface area contributed by atoms with E-state index in [2.05, 4.69) is 22.6 Å². The van der Waals surface area contributed by atoms with Crippen molar-refractivity contribution in [3.8, 4) is 0 Å². The Hall–Kier alpha value is -1.02. The highest BCUT2D eigenvalue weighted by Crippen LogP contribution is 1.94. The van der Waals surface area contributed by atoms with Crippen LogP contribution in [0.1, 0.15) is 25.5 Å². The molecule has 21 heavy (non-hydrogen) atoms. The van der Waals surface area contributed by atoms with Crippen molar-refractivity contribution in [1.29, 1.82) is 0 Å². The Morgan fingerprint density at radius 2 is 1.95 bits per heavy atom. The number of hydrogen-bond acceptors (Lipinski definition) is 6. The zero-order chi connectivity index (χ0) is 15.2. The summed E-state index contributed by atoms with van der Waals surface area (Å²) in [6.45, 7) is 7.98. The molecule has 1 heterocycles. The third-order valence-corrected chi connectivity index (χ3v) is 2.79. The Balaban J connectivity index is 1.95. The predicted molar refractivity (Wildman–Crippen MR) is 80.2 cm³/mol. The van der Waals surface area contributed by atoms with E-state index in [1.165, 1.54) is 0 Å². The molecule has 0 unspecified atom stereocenters. The monoisotopic (exact) mass is 300 g/mol. The van der Waals surface area contributed by atoms with E-state index < -0.39 is 0 Å². The minimum atomic E-state index is 0.641. The van der Waals surface area contributed by atoms with Crippen LogP contribution in [0.3, 0.4) is 0 Å². The van der Waals surface area contributed by atoms with E-state index in [0.717, 1.165) is 38.2 Å². The molecule has 0 fully saturated rings. The van der Waals surface area contributed by atoms with Crippen molar-refractivity contribution in [3.05, 3.63) is 11.9 Å². The number of rotatable bonds is 14. The Morgan fingerprint density at radius 1 is 1.14 bits per heavy atom. The summed E-state index contributed by atoms with van der Waals surface area (Å²) in [4.78, 5) is 0. The van der Waals surface area contributed by atoms with Crippen LogP contribution in [0.4, 0.5) is 0 Å². The number of nitrogens with one attached hydrogen (secondary N) is 1. The van der Waals surface area contributed by atoms with Gasteiger partial charge in [0.05, 0.1) is 32.1 Å². The van der Waals surface area contributed by atoms with Gasteiger partial charge in [0.2, 0.25) is 0 Å². The van der Waals surface area contributed by atoms with Gasteiger partial charge in [-0.25, -0.2) is 4.68 Å². The molecule has 0 saturated carbocycles. The van der Waals surface area contributed by atoms with Crippen LogP contribution in [0.2, 0.25) is 0 Å². The summed E-state index contributed by atoms with van der Waals surface area (Å²) in [6.07, 6.45) is 3.98. The first kappa shape index (κ1) is 18.0. The zero-order valence-electron chi connectivity index (χ0n) is 13.2. The summed E-state index contributed by atoms with van der Waals surface area (Å²) in [5.41, 5.74) is 0.968. The first-order chi connectivity index (χ1) is 10.4. The van der Waals surface area contributed by atoms with Gasteiger partial charge in [0, 0.05) is 33.1 Å². The van der Waals surface area contributed by atoms with Crippen LogP contribution in [-0.4, -0.2) is 61.7 Å². The largest absolute Gasteiger partial charge is 0.382 e. The summed E-state index contributed by atoms with van der Waals surface area (Å²) in [7, 11) is 1.67. The second-order valence-electron chi connectivity index (χ2n) is 4.72. The predicted octanol–water partition coefficient (Wildman–Crippen LogP) is 0.847. The first-order valence-corrected chi connectivity index (χ1v) is 7.61. The van der Waals surface area contributed by atoms with E-state index in [1.807, 2.05) is 10.9 Å². The summed E-state index contributed by atoms with van der Waals surface area (Å²) in [5.74, 6) is 0. The average molecular weight is 300 g/mol. The third-order valence-electron chi connectivity index (χ3n) is 2.79. The molecule has 0 spiro atoms. The molecule has 1 aromatic rings. The maximum Gasteiger partial charge on any atom is 0.0964 e. The van der Waals surface area contributed by atoms with E-state index in [0.29, 0.717) is 33.0 Å². The molecule has 0 bridgehead atoms. The van der Waals surface area contributed by atoms with Gasteiger partial charge in [0.15, 0.2) is 0 Å². The lowest BCUT2D eigenvalue weighted by Crippen LogP contribution is -2.14. The summed E-state index contributed by atoms with van der Waals surface area (Å²) in [5, 5.41) is 11.5. The number of nitrogens with zero attached hydrogens (tertiary/aromatic N) is 3. The highest BCUT2D eigenvalue weighted by Gasteiger charge is 2.00. The van der Waals surface area contributed by atoms with Gasteiger partial charge >= 0.3 is 0 Å². The van der Waals surface area contributed by atoms with E-state index in [9.17, 15) is 0 Å². The van der Waals surface area contributed by atoms with Crippen molar-refractivity contribution in [1.82, 2.24) is 20.3 Å². The fraction of sp³-hybridized carbons (Fsp3) is 0.857. The standard InChI is InChI=1S/C14H28N4O3/c1-3-5-15-12-14-13-18(17-16-14)6-9-20-7-4-8-21-11-10-19-2/h13,15H,3-12H2,1-2H3. The van der Waals surface area contributed by atoms with Gasteiger partial charge in [-0.05, 0) is 19.4 Å².